The predicted molar refractivity (Wildman–Crippen MR) is 111 cm³/mol. The summed E-state index contributed by atoms with van der Waals surface area (Å²) in [6.45, 7) is 3.00. The van der Waals surface area contributed by atoms with Gasteiger partial charge in [-0.05, 0) is 49.2 Å². The van der Waals surface area contributed by atoms with Crippen molar-refractivity contribution in [2.45, 2.75) is 56.7 Å². The number of rotatable bonds is 3. The van der Waals surface area contributed by atoms with Crippen LogP contribution in [0.1, 0.15) is 44.1 Å². The van der Waals surface area contributed by atoms with Crippen LogP contribution in [0.5, 0.6) is 0 Å². The SMILES string of the molecule is O=C(/C=C/c1ccccc1)OC1CCN2C[C@@H]3C[C@@H](CN4C(=O)CCC[C@H]34)[C@@H]2C1. The van der Waals surface area contributed by atoms with Gasteiger partial charge in [0.25, 0.3) is 0 Å². The van der Waals surface area contributed by atoms with Gasteiger partial charge in [-0.1, -0.05) is 30.3 Å². The lowest BCUT2D eigenvalue weighted by Gasteiger charge is -2.57. The van der Waals surface area contributed by atoms with Gasteiger partial charge in [0.05, 0.1) is 0 Å². The van der Waals surface area contributed by atoms with Gasteiger partial charge in [0.1, 0.15) is 6.10 Å². The first-order valence-electron chi connectivity index (χ1n) is 11.1. The second-order valence-electron chi connectivity index (χ2n) is 9.15. The number of benzene rings is 1. The predicted octanol–water partition coefficient (Wildman–Crippen LogP) is 3.11. The first-order valence-corrected chi connectivity index (χ1v) is 11.1. The van der Waals surface area contributed by atoms with E-state index in [2.05, 4.69) is 9.80 Å². The smallest absolute Gasteiger partial charge is 0.331 e. The van der Waals surface area contributed by atoms with Crippen molar-refractivity contribution in [3.05, 3.63) is 42.0 Å². The minimum absolute atomic E-state index is 0.0181. The van der Waals surface area contributed by atoms with Crippen LogP contribution >= 0.6 is 0 Å². The Labute approximate surface area is 172 Å². The van der Waals surface area contributed by atoms with E-state index in [1.165, 1.54) is 18.9 Å². The Bertz CT molecular complexity index is 793. The summed E-state index contributed by atoms with van der Waals surface area (Å²) in [7, 11) is 0. The summed E-state index contributed by atoms with van der Waals surface area (Å²) in [6.07, 6.45) is 9.32. The summed E-state index contributed by atoms with van der Waals surface area (Å²) >= 11 is 0. The summed E-state index contributed by atoms with van der Waals surface area (Å²) in [5.41, 5.74) is 1.00. The zero-order valence-corrected chi connectivity index (χ0v) is 16.9. The molecule has 0 N–H and O–H groups in total. The molecule has 29 heavy (non-hydrogen) atoms. The van der Waals surface area contributed by atoms with Crippen LogP contribution in [-0.4, -0.2) is 59.5 Å². The van der Waals surface area contributed by atoms with E-state index in [9.17, 15) is 9.59 Å². The number of carbonyl (C=O) groups is 2. The Morgan fingerprint density at radius 3 is 2.72 bits per heavy atom. The van der Waals surface area contributed by atoms with Gasteiger partial charge in [0, 0.05) is 50.6 Å². The van der Waals surface area contributed by atoms with E-state index in [0.717, 1.165) is 50.9 Å². The molecular formula is C24H30N2O3. The van der Waals surface area contributed by atoms with E-state index in [4.69, 9.17) is 4.74 Å². The normalized spacial score (nSPS) is 34.6. The van der Waals surface area contributed by atoms with Crippen molar-refractivity contribution in [2.75, 3.05) is 19.6 Å². The zero-order chi connectivity index (χ0) is 19.8. The highest BCUT2D eigenvalue weighted by Gasteiger charge is 2.49. The van der Waals surface area contributed by atoms with Crippen LogP contribution in [0, 0.1) is 11.8 Å². The molecule has 4 aliphatic rings. The van der Waals surface area contributed by atoms with Gasteiger partial charge in [-0.15, -0.1) is 0 Å². The number of fused-ring (bicyclic) bond motifs is 6. The average molecular weight is 395 g/mol. The standard InChI is InChI=1S/C24H30N2O3/c27-23-8-4-7-21-18-13-19(16-26(21)23)22-14-20(11-12-25(22)15-18)29-24(28)10-9-17-5-2-1-3-6-17/h1-3,5-6,9-10,18-22H,4,7-8,11-16H2/b10-9+/t18-,19-,20?,21+,22-/m0/s1. The third-order valence-electron chi connectivity index (χ3n) is 7.41. The van der Waals surface area contributed by atoms with Crippen LogP contribution in [-0.2, 0) is 14.3 Å². The number of hydrogen-bond donors (Lipinski definition) is 0. The van der Waals surface area contributed by atoms with E-state index in [1.54, 1.807) is 0 Å². The maximum Gasteiger partial charge on any atom is 0.331 e. The van der Waals surface area contributed by atoms with Crippen molar-refractivity contribution in [3.63, 3.8) is 0 Å². The minimum Gasteiger partial charge on any atom is -0.459 e. The molecule has 0 spiro atoms. The van der Waals surface area contributed by atoms with Crippen LogP contribution in [0.3, 0.4) is 0 Å². The molecule has 0 radical (unpaired) electrons. The van der Waals surface area contributed by atoms with Crippen molar-refractivity contribution in [2.24, 2.45) is 11.8 Å². The van der Waals surface area contributed by atoms with Crippen molar-refractivity contribution >= 4 is 18.0 Å². The highest BCUT2D eigenvalue weighted by Crippen LogP contribution is 2.43. The van der Waals surface area contributed by atoms with Gasteiger partial charge >= 0.3 is 5.97 Å². The van der Waals surface area contributed by atoms with Crippen LogP contribution in [0.2, 0.25) is 0 Å². The lowest BCUT2D eigenvalue weighted by molar-refractivity contribution is -0.155. The summed E-state index contributed by atoms with van der Waals surface area (Å²) in [6, 6.07) is 10.7. The van der Waals surface area contributed by atoms with Gasteiger partial charge in [0.2, 0.25) is 5.91 Å². The molecule has 5 nitrogen and oxygen atoms in total. The van der Waals surface area contributed by atoms with E-state index < -0.39 is 0 Å². The Kier molecular flexibility index (Phi) is 5.17. The molecule has 4 heterocycles. The number of esters is 1. The number of carbonyl (C=O) groups excluding carboxylic acids is 2. The number of piperidine rings is 4. The van der Waals surface area contributed by atoms with Crippen LogP contribution in [0.25, 0.3) is 6.08 Å². The topological polar surface area (TPSA) is 49.9 Å². The monoisotopic (exact) mass is 394 g/mol. The Morgan fingerprint density at radius 2 is 1.86 bits per heavy atom. The minimum atomic E-state index is -0.254. The van der Waals surface area contributed by atoms with Gasteiger partial charge in [-0.3, -0.25) is 9.69 Å². The molecule has 1 aromatic carbocycles. The van der Waals surface area contributed by atoms with Crippen molar-refractivity contribution in [1.82, 2.24) is 9.80 Å². The van der Waals surface area contributed by atoms with Gasteiger partial charge in [-0.25, -0.2) is 4.79 Å². The molecule has 1 aromatic rings. The van der Waals surface area contributed by atoms with Crippen molar-refractivity contribution in [1.29, 1.82) is 0 Å². The third kappa shape index (κ3) is 3.85. The second kappa shape index (κ2) is 7.94. The number of amides is 1. The molecule has 0 aromatic heterocycles. The van der Waals surface area contributed by atoms with Crippen LogP contribution in [0.4, 0.5) is 0 Å². The molecule has 2 bridgehead atoms. The van der Waals surface area contributed by atoms with Crippen molar-refractivity contribution in [3.8, 4) is 0 Å². The third-order valence-corrected chi connectivity index (χ3v) is 7.41. The molecular weight excluding hydrogens is 364 g/mol. The van der Waals surface area contributed by atoms with Crippen LogP contribution < -0.4 is 0 Å². The Balaban J connectivity index is 1.21. The molecule has 4 saturated heterocycles. The molecule has 4 fully saturated rings. The maximum atomic E-state index is 12.5. The summed E-state index contributed by atoms with van der Waals surface area (Å²) in [5, 5.41) is 0. The molecule has 0 saturated carbocycles. The second-order valence-corrected chi connectivity index (χ2v) is 9.15. The first-order chi connectivity index (χ1) is 14.2. The summed E-state index contributed by atoms with van der Waals surface area (Å²) in [5.74, 6) is 1.25. The van der Waals surface area contributed by atoms with Crippen molar-refractivity contribution < 1.29 is 14.3 Å². The van der Waals surface area contributed by atoms with Gasteiger partial charge in [0.15, 0.2) is 0 Å². The largest absolute Gasteiger partial charge is 0.459 e. The van der Waals surface area contributed by atoms with Crippen LogP contribution in [0.15, 0.2) is 36.4 Å². The molecule has 5 rings (SSSR count). The number of hydrogen-bond acceptors (Lipinski definition) is 4. The van der Waals surface area contributed by atoms with Gasteiger partial charge < -0.3 is 9.64 Å². The maximum absolute atomic E-state index is 12.5. The molecule has 1 amide bonds. The highest BCUT2D eigenvalue weighted by molar-refractivity contribution is 5.87. The quantitative estimate of drug-likeness (QED) is 0.584. The number of nitrogens with zero attached hydrogens (tertiary/aromatic N) is 2. The summed E-state index contributed by atoms with van der Waals surface area (Å²) < 4.78 is 5.79. The zero-order valence-electron chi connectivity index (χ0n) is 16.9. The molecule has 1 unspecified atom stereocenters. The van der Waals surface area contributed by atoms with Gasteiger partial charge in [-0.2, -0.15) is 0 Å². The van der Waals surface area contributed by atoms with E-state index in [0.29, 0.717) is 29.8 Å². The fourth-order valence-electron chi connectivity index (χ4n) is 6.09. The van der Waals surface area contributed by atoms with E-state index >= 15 is 0 Å². The average Bonchev–Trinajstić information content (AvgIpc) is 2.74. The fourth-order valence-corrected chi connectivity index (χ4v) is 6.09. The van der Waals surface area contributed by atoms with E-state index in [-0.39, 0.29) is 12.1 Å². The lowest BCUT2D eigenvalue weighted by atomic mass is 9.70. The fraction of sp³-hybridized carbons (Fsp3) is 0.583. The molecule has 4 aliphatic heterocycles. The first kappa shape index (κ1) is 18.9. The molecule has 5 atom stereocenters. The molecule has 5 heteroatoms. The Hall–Kier alpha value is -2.14. The highest BCUT2D eigenvalue weighted by atomic mass is 16.5. The van der Waals surface area contributed by atoms with E-state index in [1.807, 2.05) is 36.4 Å². The Morgan fingerprint density at radius 1 is 1.03 bits per heavy atom. The molecule has 154 valence electrons. The molecule has 0 aliphatic carbocycles. The lowest BCUT2D eigenvalue weighted by Crippen LogP contribution is -2.65. The summed E-state index contributed by atoms with van der Waals surface area (Å²) in [4.78, 5) is 29.6. The number of ether oxygens (including phenoxy) is 1.